The standard InChI is InChI=1S/C78H50N4O2/c1-5-21-47(22-6-1)69-71-61-35-17-31-57-54-44-42-52(80(50-27-11-4-12-28-50)64-38-20-34-60-56-30-14-16-40-68(56)84-78(60)64)46-66(54)82(73(57)61)76(71)70(48-23-7-2-8-24-48)72-62-36-18-32-58-53-43-41-51(45-65(53)81(74(58)62)75(69)72)79(49-25-9-3-10-26-49)63-37-19-33-59-55-29-13-15-39-67(55)83-77(59)63/h1,3-7,9-30,32-46,57H,2,8,31H2. The summed E-state index contributed by atoms with van der Waals surface area (Å²) in [5.74, 6) is 0.168. The Labute approximate surface area is 482 Å². The SMILES string of the molecule is C1=CC(c2c3c4cccc5c6ccc(N(c7ccccc7)c7cccc8c7oc7ccccc78)cc6n(c3c(-c3ccccc3)c3c6c7n(c23)-c2cc(N(c3ccccc3)c3cccc8c3oc3ccccc38)ccc2C7CC=C6)c54)=CCC1. The number of nitrogens with zero attached hydrogens (tertiary/aromatic N) is 4. The first kappa shape index (κ1) is 45.9. The molecule has 16 aromatic rings. The van der Waals surface area contributed by atoms with Gasteiger partial charge in [0.1, 0.15) is 11.2 Å². The number of furan rings is 2. The van der Waals surface area contributed by atoms with E-state index in [2.05, 4.69) is 280 Å². The Morgan fingerprint density at radius 1 is 0.417 bits per heavy atom. The van der Waals surface area contributed by atoms with Crippen molar-refractivity contribution in [1.29, 1.82) is 0 Å². The average Bonchev–Trinajstić information content (AvgIpc) is 1.55. The number of allylic oxidation sites excluding steroid dienone is 5. The summed E-state index contributed by atoms with van der Waals surface area (Å²) in [4.78, 5) is 4.78. The van der Waals surface area contributed by atoms with Crippen LogP contribution in [-0.2, 0) is 0 Å². The number of rotatable bonds is 8. The monoisotopic (exact) mass is 1070 g/mol. The minimum absolute atomic E-state index is 0.168. The number of benzene rings is 11. The molecule has 2 aliphatic carbocycles. The molecule has 0 saturated heterocycles. The van der Waals surface area contributed by atoms with Gasteiger partial charge in [0.05, 0.1) is 39.1 Å². The van der Waals surface area contributed by atoms with Crippen molar-refractivity contribution in [3.8, 4) is 16.8 Å². The summed E-state index contributed by atoms with van der Waals surface area (Å²) < 4.78 is 19.0. The molecular formula is C78H50N4O2. The molecule has 11 aromatic carbocycles. The molecular weight excluding hydrogens is 1020 g/mol. The maximum atomic E-state index is 6.82. The van der Waals surface area contributed by atoms with Crippen molar-refractivity contribution < 1.29 is 8.83 Å². The van der Waals surface area contributed by atoms with Crippen molar-refractivity contribution in [2.24, 2.45) is 0 Å². The van der Waals surface area contributed by atoms with Crippen LogP contribution >= 0.6 is 0 Å². The first-order valence-electron chi connectivity index (χ1n) is 29.3. The first-order valence-corrected chi connectivity index (χ1v) is 29.3. The number of aromatic nitrogens is 2. The van der Waals surface area contributed by atoms with Crippen molar-refractivity contribution in [2.45, 2.75) is 25.2 Å². The van der Waals surface area contributed by atoms with Gasteiger partial charge in [-0.25, -0.2) is 0 Å². The topological polar surface area (TPSA) is 42.1 Å². The molecule has 3 aliphatic rings. The summed E-state index contributed by atoms with van der Waals surface area (Å²) in [5.41, 5.74) is 24.8. The Kier molecular flexibility index (Phi) is 9.47. The Hall–Kier alpha value is -10.8. The molecule has 0 spiro atoms. The number of hydrogen-bond acceptors (Lipinski definition) is 4. The van der Waals surface area contributed by atoms with E-state index >= 15 is 0 Å². The van der Waals surface area contributed by atoms with Crippen LogP contribution in [0.5, 0.6) is 0 Å². The van der Waals surface area contributed by atoms with E-state index in [9.17, 15) is 0 Å². The van der Waals surface area contributed by atoms with E-state index in [4.69, 9.17) is 8.83 Å². The smallest absolute Gasteiger partial charge is 0.159 e. The molecule has 0 amide bonds. The molecule has 1 aliphatic heterocycles. The van der Waals surface area contributed by atoms with Crippen LogP contribution in [0.3, 0.4) is 0 Å². The molecule has 6 heterocycles. The van der Waals surface area contributed by atoms with Gasteiger partial charge in [-0.05, 0) is 109 Å². The number of hydrogen-bond donors (Lipinski definition) is 0. The molecule has 0 N–H and O–H groups in total. The van der Waals surface area contributed by atoms with E-state index in [0.717, 1.165) is 103 Å². The third-order valence-electron chi connectivity index (χ3n) is 18.5. The summed E-state index contributed by atoms with van der Waals surface area (Å²) in [6.45, 7) is 0. The van der Waals surface area contributed by atoms with Crippen molar-refractivity contribution >= 4 is 139 Å². The van der Waals surface area contributed by atoms with E-state index < -0.39 is 0 Å². The first-order chi connectivity index (χ1) is 41.7. The second kappa shape index (κ2) is 17.4. The molecule has 1 unspecified atom stereocenters. The van der Waals surface area contributed by atoms with Gasteiger partial charge in [0.25, 0.3) is 0 Å². The van der Waals surface area contributed by atoms with Crippen LogP contribution in [0.2, 0.25) is 0 Å². The predicted octanol–water partition coefficient (Wildman–Crippen LogP) is 21.8. The molecule has 84 heavy (non-hydrogen) atoms. The Bertz CT molecular complexity index is 5540. The maximum absolute atomic E-state index is 6.82. The lowest BCUT2D eigenvalue weighted by Crippen LogP contribution is -2.11. The molecule has 1 atom stereocenters. The lowest BCUT2D eigenvalue weighted by Gasteiger charge is -2.26. The third-order valence-corrected chi connectivity index (χ3v) is 18.5. The van der Waals surface area contributed by atoms with Gasteiger partial charge < -0.3 is 27.6 Å². The molecule has 0 radical (unpaired) electrons. The summed E-state index contributed by atoms with van der Waals surface area (Å²) in [7, 11) is 0. The quantitative estimate of drug-likeness (QED) is 0.152. The summed E-state index contributed by atoms with van der Waals surface area (Å²) >= 11 is 0. The lowest BCUT2D eigenvalue weighted by atomic mass is 9.84. The van der Waals surface area contributed by atoms with Crippen LogP contribution in [0.1, 0.15) is 47.6 Å². The van der Waals surface area contributed by atoms with Gasteiger partial charge in [-0.2, -0.15) is 0 Å². The molecule has 394 valence electrons. The van der Waals surface area contributed by atoms with Gasteiger partial charge in [-0.1, -0.05) is 188 Å². The van der Waals surface area contributed by atoms with Crippen LogP contribution in [0.15, 0.2) is 264 Å². The van der Waals surface area contributed by atoms with Gasteiger partial charge in [0.2, 0.25) is 0 Å². The van der Waals surface area contributed by atoms with Crippen molar-refractivity contribution in [3.63, 3.8) is 0 Å². The fourth-order valence-electron chi connectivity index (χ4n) is 15.1. The van der Waals surface area contributed by atoms with Crippen molar-refractivity contribution in [3.05, 3.63) is 277 Å². The molecule has 5 aromatic heterocycles. The minimum Gasteiger partial charge on any atom is -0.454 e. The van der Waals surface area contributed by atoms with E-state index in [1.165, 1.54) is 88.3 Å². The fourth-order valence-corrected chi connectivity index (χ4v) is 15.1. The van der Waals surface area contributed by atoms with Crippen LogP contribution in [0, 0.1) is 0 Å². The molecule has 19 rings (SSSR count). The lowest BCUT2D eigenvalue weighted by molar-refractivity contribution is 0.668. The van der Waals surface area contributed by atoms with Crippen LogP contribution in [0.4, 0.5) is 34.1 Å². The Morgan fingerprint density at radius 3 is 1.69 bits per heavy atom. The van der Waals surface area contributed by atoms with Crippen LogP contribution < -0.4 is 9.80 Å². The van der Waals surface area contributed by atoms with Crippen LogP contribution in [-0.4, -0.2) is 8.97 Å². The maximum Gasteiger partial charge on any atom is 0.159 e. The van der Waals surface area contributed by atoms with Gasteiger partial charge in [0, 0.05) is 99.5 Å². The summed E-state index contributed by atoms with van der Waals surface area (Å²) in [6.07, 6.45) is 15.1. The molecule has 0 fully saturated rings. The second-order valence-electron chi connectivity index (χ2n) is 22.9. The highest BCUT2D eigenvalue weighted by Crippen LogP contribution is 2.58. The number of fused-ring (bicyclic) bond motifs is 18. The molecule has 6 heteroatoms. The highest BCUT2D eigenvalue weighted by molar-refractivity contribution is 6.33. The van der Waals surface area contributed by atoms with E-state index in [1.807, 2.05) is 0 Å². The minimum atomic E-state index is 0.168. The highest BCUT2D eigenvalue weighted by atomic mass is 16.3. The zero-order valence-corrected chi connectivity index (χ0v) is 45.6. The van der Waals surface area contributed by atoms with Crippen molar-refractivity contribution in [1.82, 2.24) is 8.97 Å². The zero-order valence-electron chi connectivity index (χ0n) is 45.6. The average molecular weight is 1080 g/mol. The highest BCUT2D eigenvalue weighted by Gasteiger charge is 2.40. The number of para-hydroxylation sites is 7. The van der Waals surface area contributed by atoms with Gasteiger partial charge >= 0.3 is 0 Å². The fraction of sp³-hybridized carbons (Fsp3) is 0.0513. The number of anilines is 6. The predicted molar refractivity (Wildman–Crippen MR) is 349 cm³/mol. The van der Waals surface area contributed by atoms with E-state index in [1.54, 1.807) is 0 Å². The summed E-state index contributed by atoms with van der Waals surface area (Å²) in [6, 6.07) is 84.0. The molecule has 0 bridgehead atoms. The molecule has 0 saturated carbocycles. The largest absolute Gasteiger partial charge is 0.454 e. The zero-order chi connectivity index (χ0) is 54.7. The Morgan fingerprint density at radius 2 is 1.01 bits per heavy atom. The Balaban J connectivity index is 0.928. The summed E-state index contributed by atoms with van der Waals surface area (Å²) in [5, 5.41) is 10.7. The normalized spacial score (nSPS) is 14.6. The van der Waals surface area contributed by atoms with Crippen molar-refractivity contribution in [2.75, 3.05) is 9.80 Å². The third kappa shape index (κ3) is 6.23. The molecule has 6 nitrogen and oxygen atoms in total. The van der Waals surface area contributed by atoms with Gasteiger partial charge in [-0.15, -0.1) is 0 Å². The van der Waals surface area contributed by atoms with Crippen LogP contribution in [0.25, 0.3) is 121 Å². The van der Waals surface area contributed by atoms with Gasteiger partial charge in [0.15, 0.2) is 11.2 Å². The van der Waals surface area contributed by atoms with E-state index in [0.29, 0.717) is 0 Å². The second-order valence-corrected chi connectivity index (χ2v) is 22.9. The van der Waals surface area contributed by atoms with E-state index in [-0.39, 0.29) is 5.92 Å². The van der Waals surface area contributed by atoms with Gasteiger partial charge in [-0.3, -0.25) is 0 Å².